The first-order valence-corrected chi connectivity index (χ1v) is 5.99. The van der Waals surface area contributed by atoms with Crippen molar-refractivity contribution < 1.29 is 23.9 Å². The summed E-state index contributed by atoms with van der Waals surface area (Å²) in [5.41, 5.74) is 0.527. The van der Waals surface area contributed by atoms with Crippen LogP contribution < -0.4 is 9.47 Å². The monoisotopic (exact) mass is 297 g/mol. The van der Waals surface area contributed by atoms with Crippen molar-refractivity contribution >= 4 is 17.6 Å². The first-order valence-electron chi connectivity index (χ1n) is 5.61. The average molecular weight is 298 g/mol. The molecule has 1 aromatic heterocycles. The van der Waals surface area contributed by atoms with Gasteiger partial charge >= 0.3 is 5.97 Å². The molecule has 7 heteroatoms. The second-order valence-electron chi connectivity index (χ2n) is 3.93. The predicted molar refractivity (Wildman–Crippen MR) is 71.7 cm³/mol. The molecule has 0 saturated carbocycles. The van der Waals surface area contributed by atoms with Gasteiger partial charge in [0.05, 0.1) is 19.2 Å². The summed E-state index contributed by atoms with van der Waals surface area (Å²) in [6.45, 7) is 1.52. The number of ether oxygens (including phenoxy) is 2. The minimum absolute atomic E-state index is 0.0286. The highest BCUT2D eigenvalue weighted by Crippen LogP contribution is 2.42. The van der Waals surface area contributed by atoms with Gasteiger partial charge in [-0.25, -0.2) is 4.79 Å². The Labute approximate surface area is 119 Å². The van der Waals surface area contributed by atoms with E-state index >= 15 is 0 Å². The fraction of sp³-hybridized carbons (Fsp3) is 0.231. The molecule has 0 aliphatic heterocycles. The normalized spacial score (nSPS) is 10.4. The van der Waals surface area contributed by atoms with Crippen LogP contribution in [0, 0.1) is 6.92 Å². The van der Waals surface area contributed by atoms with E-state index in [9.17, 15) is 9.90 Å². The van der Waals surface area contributed by atoms with Crippen LogP contribution in [0.4, 0.5) is 0 Å². The van der Waals surface area contributed by atoms with E-state index in [4.69, 9.17) is 25.6 Å². The smallest absolute Gasteiger partial charge is 0.341 e. The molecular weight excluding hydrogens is 286 g/mol. The van der Waals surface area contributed by atoms with Gasteiger partial charge in [0.2, 0.25) is 0 Å². The summed E-state index contributed by atoms with van der Waals surface area (Å²) in [4.78, 5) is 11.3. The fourth-order valence-corrected chi connectivity index (χ4v) is 2.20. The third-order valence-electron chi connectivity index (χ3n) is 2.82. The zero-order chi connectivity index (χ0) is 14.9. The molecule has 1 heterocycles. The van der Waals surface area contributed by atoms with E-state index in [1.165, 1.54) is 21.1 Å². The molecule has 1 N–H and O–H groups in total. The van der Waals surface area contributed by atoms with Crippen LogP contribution in [0.15, 0.2) is 16.7 Å². The lowest BCUT2D eigenvalue weighted by molar-refractivity contribution is 0.0696. The Kier molecular flexibility index (Phi) is 3.85. The molecule has 0 fully saturated rings. The van der Waals surface area contributed by atoms with Crippen molar-refractivity contribution in [1.82, 2.24) is 5.16 Å². The summed E-state index contributed by atoms with van der Waals surface area (Å²) < 4.78 is 15.2. The number of carboxylic acid groups (broad SMARTS) is 1. The van der Waals surface area contributed by atoms with Crippen molar-refractivity contribution in [3.8, 4) is 22.8 Å². The number of aryl methyl sites for hydroxylation is 1. The van der Waals surface area contributed by atoms with E-state index < -0.39 is 5.97 Å². The van der Waals surface area contributed by atoms with Gasteiger partial charge in [-0.1, -0.05) is 16.8 Å². The summed E-state index contributed by atoms with van der Waals surface area (Å²) >= 11 is 6.23. The van der Waals surface area contributed by atoms with Gasteiger partial charge < -0.3 is 19.1 Å². The highest BCUT2D eigenvalue weighted by molar-refractivity contribution is 6.35. The highest BCUT2D eigenvalue weighted by atomic mass is 35.5. The minimum Gasteiger partial charge on any atom is -0.493 e. The first-order chi connectivity index (χ1) is 9.51. The molecule has 106 valence electrons. The van der Waals surface area contributed by atoms with Gasteiger partial charge in [-0.15, -0.1) is 0 Å². The lowest BCUT2D eigenvalue weighted by atomic mass is 10.1. The van der Waals surface area contributed by atoms with Crippen molar-refractivity contribution in [2.45, 2.75) is 6.92 Å². The summed E-state index contributed by atoms with van der Waals surface area (Å²) in [5, 5.41) is 13.2. The van der Waals surface area contributed by atoms with E-state index in [0.29, 0.717) is 17.1 Å². The Hall–Kier alpha value is -2.21. The van der Waals surface area contributed by atoms with Gasteiger partial charge in [0.1, 0.15) is 17.0 Å². The summed E-state index contributed by atoms with van der Waals surface area (Å²) in [7, 11) is 2.93. The van der Waals surface area contributed by atoms with Gasteiger partial charge in [0, 0.05) is 5.56 Å². The van der Waals surface area contributed by atoms with E-state index in [0.717, 1.165) is 0 Å². The van der Waals surface area contributed by atoms with Crippen LogP contribution in [-0.4, -0.2) is 30.5 Å². The Bertz CT molecular complexity index is 665. The molecule has 1 aromatic carbocycles. The van der Waals surface area contributed by atoms with Crippen molar-refractivity contribution in [1.29, 1.82) is 0 Å². The van der Waals surface area contributed by atoms with Crippen LogP contribution in [0.1, 0.15) is 16.1 Å². The van der Waals surface area contributed by atoms with E-state index in [1.54, 1.807) is 12.1 Å². The van der Waals surface area contributed by atoms with Crippen LogP contribution in [0.2, 0.25) is 5.02 Å². The molecule has 20 heavy (non-hydrogen) atoms. The second kappa shape index (κ2) is 5.42. The van der Waals surface area contributed by atoms with Crippen molar-refractivity contribution in [3.63, 3.8) is 0 Å². The van der Waals surface area contributed by atoms with Gasteiger partial charge in [0.15, 0.2) is 11.5 Å². The quantitative estimate of drug-likeness (QED) is 0.934. The number of nitrogens with zero attached hydrogens (tertiary/aromatic N) is 1. The van der Waals surface area contributed by atoms with Gasteiger partial charge in [-0.3, -0.25) is 0 Å². The maximum atomic E-state index is 11.3. The molecular formula is C13H12ClNO5. The Balaban J connectivity index is 2.68. The highest BCUT2D eigenvalue weighted by Gasteiger charge is 2.24. The number of methoxy groups -OCH3 is 2. The lowest BCUT2D eigenvalue weighted by Crippen LogP contribution is -2.00. The van der Waals surface area contributed by atoms with Crippen LogP contribution in [-0.2, 0) is 0 Å². The van der Waals surface area contributed by atoms with Crippen molar-refractivity contribution in [3.05, 3.63) is 28.5 Å². The standard InChI is InChI=1S/C13H12ClNO5/c1-6-9(13(16)17)11(15-20-6)7-4-5-8(18-2)12(19-3)10(7)14/h4-5H,1-3H3,(H,16,17). The fourth-order valence-electron chi connectivity index (χ4n) is 1.88. The largest absolute Gasteiger partial charge is 0.493 e. The number of rotatable bonds is 4. The van der Waals surface area contributed by atoms with Crippen LogP contribution in [0.25, 0.3) is 11.3 Å². The Morgan fingerprint density at radius 2 is 2.05 bits per heavy atom. The lowest BCUT2D eigenvalue weighted by Gasteiger charge is -2.11. The maximum absolute atomic E-state index is 11.3. The molecule has 6 nitrogen and oxygen atoms in total. The second-order valence-corrected chi connectivity index (χ2v) is 4.31. The van der Waals surface area contributed by atoms with Gasteiger partial charge in [0.25, 0.3) is 0 Å². The molecule has 0 amide bonds. The van der Waals surface area contributed by atoms with Crippen molar-refractivity contribution in [2.24, 2.45) is 0 Å². The maximum Gasteiger partial charge on any atom is 0.341 e. The number of hydrogen-bond acceptors (Lipinski definition) is 5. The summed E-state index contributed by atoms with van der Waals surface area (Å²) in [6, 6.07) is 3.23. The summed E-state index contributed by atoms with van der Waals surface area (Å²) in [5.74, 6) is -0.176. The number of carboxylic acids is 1. The molecule has 0 spiro atoms. The SMILES string of the molecule is COc1ccc(-c2noc(C)c2C(=O)O)c(Cl)c1OC. The minimum atomic E-state index is -1.13. The molecule has 0 unspecified atom stereocenters. The molecule has 0 aliphatic carbocycles. The third kappa shape index (κ3) is 2.18. The number of hydrogen-bond donors (Lipinski definition) is 1. The van der Waals surface area contributed by atoms with Crippen LogP contribution >= 0.6 is 11.6 Å². The molecule has 0 bridgehead atoms. The van der Waals surface area contributed by atoms with Crippen LogP contribution in [0.5, 0.6) is 11.5 Å². The third-order valence-corrected chi connectivity index (χ3v) is 3.19. The number of aromatic nitrogens is 1. The topological polar surface area (TPSA) is 81.8 Å². The van der Waals surface area contributed by atoms with Gasteiger partial charge in [-0.2, -0.15) is 0 Å². The Morgan fingerprint density at radius 3 is 2.60 bits per heavy atom. The van der Waals surface area contributed by atoms with Crippen molar-refractivity contribution in [2.75, 3.05) is 14.2 Å². The average Bonchev–Trinajstić information content (AvgIpc) is 2.80. The number of aromatic carboxylic acids is 1. The van der Waals surface area contributed by atoms with E-state index in [-0.39, 0.29) is 22.0 Å². The summed E-state index contributed by atoms with van der Waals surface area (Å²) in [6.07, 6.45) is 0. The number of benzene rings is 1. The van der Waals surface area contributed by atoms with Gasteiger partial charge in [-0.05, 0) is 19.1 Å². The zero-order valence-corrected chi connectivity index (χ0v) is 11.8. The zero-order valence-electron chi connectivity index (χ0n) is 11.1. The molecule has 0 radical (unpaired) electrons. The van der Waals surface area contributed by atoms with E-state index in [2.05, 4.69) is 5.16 Å². The molecule has 0 atom stereocenters. The molecule has 0 saturated heterocycles. The van der Waals surface area contributed by atoms with Crippen LogP contribution in [0.3, 0.4) is 0 Å². The number of halogens is 1. The van der Waals surface area contributed by atoms with E-state index in [1.807, 2.05) is 0 Å². The molecule has 0 aliphatic rings. The predicted octanol–water partition coefficient (Wildman–Crippen LogP) is 3.02. The number of carbonyl (C=O) groups is 1. The first kappa shape index (κ1) is 14.2. The molecule has 2 rings (SSSR count). The molecule has 2 aromatic rings. The Morgan fingerprint density at radius 1 is 1.35 bits per heavy atom.